The van der Waals surface area contributed by atoms with Gasteiger partial charge in [-0.05, 0) is 40.2 Å². The van der Waals surface area contributed by atoms with E-state index in [0.29, 0.717) is 16.7 Å². The van der Waals surface area contributed by atoms with Gasteiger partial charge in [0.25, 0.3) is 11.7 Å². The minimum atomic E-state index is -0.684. The summed E-state index contributed by atoms with van der Waals surface area (Å²) in [5.41, 5.74) is 1.29. The van der Waals surface area contributed by atoms with Gasteiger partial charge in [0, 0.05) is 17.6 Å². The number of nitrogens with one attached hydrogen (secondary N) is 1. The Hall–Kier alpha value is -1.53. The van der Waals surface area contributed by atoms with Crippen LogP contribution in [-0.2, 0) is 4.79 Å². The number of carbonyl (C=O) groups excluding carboxylic acids is 2. The fourth-order valence-corrected chi connectivity index (χ4v) is 2.73. The third-order valence-electron chi connectivity index (χ3n) is 2.99. The van der Waals surface area contributed by atoms with Crippen molar-refractivity contribution in [1.29, 1.82) is 0 Å². The first-order valence-electron chi connectivity index (χ1n) is 6.18. The number of hydrogen-bond donors (Lipinski definition) is 1. The van der Waals surface area contributed by atoms with Gasteiger partial charge in [-0.1, -0.05) is 13.5 Å². The van der Waals surface area contributed by atoms with E-state index in [0.717, 1.165) is 18.2 Å². The van der Waals surface area contributed by atoms with E-state index in [1.807, 2.05) is 6.92 Å². The lowest BCUT2D eigenvalue weighted by Crippen LogP contribution is -2.33. The summed E-state index contributed by atoms with van der Waals surface area (Å²) >= 11 is 3.20. The second-order valence-electron chi connectivity index (χ2n) is 4.53. The van der Waals surface area contributed by atoms with Crippen molar-refractivity contribution in [3.8, 4) is 0 Å². The van der Waals surface area contributed by atoms with Gasteiger partial charge in [-0.25, -0.2) is 4.39 Å². The van der Waals surface area contributed by atoms with Crippen LogP contribution in [0.2, 0.25) is 0 Å². The van der Waals surface area contributed by atoms with E-state index in [4.69, 9.17) is 0 Å². The maximum absolute atomic E-state index is 13.3. The number of benzene rings is 1. The Bertz CT molecular complexity index is 601. The van der Waals surface area contributed by atoms with E-state index >= 15 is 0 Å². The Kier molecular flexibility index (Phi) is 4.35. The summed E-state index contributed by atoms with van der Waals surface area (Å²) in [5.74, 6) is -1.88. The van der Waals surface area contributed by atoms with Crippen LogP contribution < -0.4 is 10.2 Å². The molecule has 0 radical (unpaired) electrons. The average molecular weight is 341 g/mol. The van der Waals surface area contributed by atoms with Crippen molar-refractivity contribution in [1.82, 2.24) is 5.32 Å². The molecule has 0 bridgehead atoms. The summed E-state index contributed by atoms with van der Waals surface area (Å²) in [6, 6.07) is 2.33. The largest absolute Gasteiger partial charge is 0.313 e. The van der Waals surface area contributed by atoms with Gasteiger partial charge in [0.05, 0.1) is 11.3 Å². The van der Waals surface area contributed by atoms with Gasteiger partial charge in [-0.3, -0.25) is 14.5 Å². The van der Waals surface area contributed by atoms with E-state index in [9.17, 15) is 14.0 Å². The highest BCUT2D eigenvalue weighted by molar-refractivity contribution is 9.10. The second-order valence-corrected chi connectivity index (χ2v) is 5.39. The van der Waals surface area contributed by atoms with E-state index < -0.39 is 17.5 Å². The minimum Gasteiger partial charge on any atom is -0.313 e. The molecule has 0 saturated heterocycles. The number of carbonyl (C=O) groups is 2. The lowest BCUT2D eigenvalue weighted by atomic mass is 10.1. The van der Waals surface area contributed by atoms with E-state index in [-0.39, 0.29) is 12.1 Å². The predicted molar refractivity (Wildman–Crippen MR) is 78.5 cm³/mol. The molecular weight excluding hydrogens is 327 g/mol. The zero-order chi connectivity index (χ0) is 14.9. The number of anilines is 1. The first-order chi connectivity index (χ1) is 9.45. The number of hydrogen-bond acceptors (Lipinski definition) is 3. The number of nitrogens with zero attached hydrogens (tertiary/aromatic N) is 1. The van der Waals surface area contributed by atoms with Crippen LogP contribution in [0.4, 0.5) is 10.1 Å². The monoisotopic (exact) mass is 340 g/mol. The number of likely N-dealkylation sites (N-methyl/N-ethyl adjacent to an activating group) is 1. The maximum Gasteiger partial charge on any atom is 0.299 e. The van der Waals surface area contributed by atoms with Gasteiger partial charge in [0.1, 0.15) is 5.82 Å². The molecule has 1 amide bonds. The number of rotatable bonds is 5. The molecule has 0 unspecified atom stereocenters. The van der Waals surface area contributed by atoms with Crippen LogP contribution in [0.3, 0.4) is 0 Å². The number of Topliss-reactive ketones (excluding diaryl/α,β-unsaturated/α-hetero) is 1. The molecule has 0 aromatic heterocycles. The molecule has 4 nitrogen and oxygen atoms in total. The summed E-state index contributed by atoms with van der Waals surface area (Å²) in [7, 11) is 0. The predicted octanol–water partition coefficient (Wildman–Crippen LogP) is 2.28. The molecule has 20 heavy (non-hydrogen) atoms. The third-order valence-corrected chi connectivity index (χ3v) is 3.59. The maximum atomic E-state index is 13.3. The smallest absolute Gasteiger partial charge is 0.299 e. The lowest BCUT2D eigenvalue weighted by Gasteiger charge is -2.19. The van der Waals surface area contributed by atoms with Crippen LogP contribution in [0, 0.1) is 5.82 Å². The van der Waals surface area contributed by atoms with E-state index in [2.05, 4.69) is 27.8 Å². The van der Waals surface area contributed by atoms with Gasteiger partial charge < -0.3 is 5.32 Å². The highest BCUT2D eigenvalue weighted by Gasteiger charge is 2.37. The van der Waals surface area contributed by atoms with Crippen molar-refractivity contribution in [2.75, 3.05) is 24.5 Å². The highest BCUT2D eigenvalue weighted by Crippen LogP contribution is 2.37. The van der Waals surface area contributed by atoms with Crippen LogP contribution in [0.1, 0.15) is 17.3 Å². The summed E-state index contributed by atoms with van der Waals surface area (Å²) < 4.78 is 13.7. The van der Waals surface area contributed by atoms with Crippen molar-refractivity contribution in [2.24, 2.45) is 0 Å². The van der Waals surface area contributed by atoms with Gasteiger partial charge in [-0.2, -0.15) is 0 Å². The summed E-state index contributed by atoms with van der Waals surface area (Å²) in [6.45, 7) is 7.42. The molecule has 1 N–H and O–H groups in total. The van der Waals surface area contributed by atoms with Crippen molar-refractivity contribution in [3.63, 3.8) is 0 Å². The van der Waals surface area contributed by atoms with Gasteiger partial charge >= 0.3 is 0 Å². The Morgan fingerprint density at radius 1 is 1.45 bits per heavy atom. The van der Waals surface area contributed by atoms with Crippen LogP contribution in [0.5, 0.6) is 0 Å². The molecule has 0 spiro atoms. The number of halogens is 2. The SMILES string of the molecule is C=C(CNCC)CN1C(=O)C(=O)c2cc(F)cc(Br)c21. The first-order valence-corrected chi connectivity index (χ1v) is 6.97. The standard InChI is InChI=1S/C14H14BrFN2O2/c1-3-17-6-8(2)7-18-12-10(13(19)14(18)20)4-9(16)5-11(12)15/h4-5,17H,2-3,6-7H2,1H3. The number of amides is 1. The number of ketones is 1. The molecule has 0 saturated carbocycles. The van der Waals surface area contributed by atoms with Crippen molar-refractivity contribution in [2.45, 2.75) is 6.92 Å². The second kappa shape index (κ2) is 5.85. The zero-order valence-corrected chi connectivity index (χ0v) is 12.6. The summed E-state index contributed by atoms with van der Waals surface area (Å²) in [5, 5.41) is 3.10. The van der Waals surface area contributed by atoms with Crippen LogP contribution in [0.15, 0.2) is 28.8 Å². The first kappa shape index (κ1) is 14.9. The van der Waals surface area contributed by atoms with Gasteiger partial charge in [0.15, 0.2) is 0 Å². The minimum absolute atomic E-state index is 0.0955. The molecule has 1 aromatic carbocycles. The molecular formula is C14H14BrFN2O2. The van der Waals surface area contributed by atoms with Crippen LogP contribution >= 0.6 is 15.9 Å². The third kappa shape index (κ3) is 2.66. The molecule has 1 aromatic rings. The Morgan fingerprint density at radius 2 is 2.15 bits per heavy atom. The Morgan fingerprint density at radius 3 is 2.80 bits per heavy atom. The zero-order valence-electron chi connectivity index (χ0n) is 11.0. The molecule has 0 fully saturated rings. The topological polar surface area (TPSA) is 49.4 Å². The number of fused-ring (bicyclic) bond motifs is 1. The summed E-state index contributed by atoms with van der Waals surface area (Å²) in [4.78, 5) is 25.2. The van der Waals surface area contributed by atoms with Crippen molar-refractivity contribution >= 4 is 33.3 Å². The van der Waals surface area contributed by atoms with E-state index in [1.54, 1.807) is 0 Å². The summed E-state index contributed by atoms with van der Waals surface area (Å²) in [6.07, 6.45) is 0. The molecule has 1 aliphatic rings. The highest BCUT2D eigenvalue weighted by atomic mass is 79.9. The average Bonchev–Trinajstić information content (AvgIpc) is 2.62. The van der Waals surface area contributed by atoms with Crippen LogP contribution in [-0.4, -0.2) is 31.3 Å². The normalized spacial score (nSPS) is 13.8. The molecule has 1 heterocycles. The fraction of sp³-hybridized carbons (Fsp3) is 0.286. The Balaban J connectivity index is 2.31. The van der Waals surface area contributed by atoms with Gasteiger partial charge in [-0.15, -0.1) is 0 Å². The molecule has 0 atom stereocenters. The Labute approximate surface area is 124 Å². The van der Waals surface area contributed by atoms with Crippen molar-refractivity contribution in [3.05, 3.63) is 40.1 Å². The van der Waals surface area contributed by atoms with E-state index in [1.165, 1.54) is 11.0 Å². The van der Waals surface area contributed by atoms with Crippen molar-refractivity contribution < 1.29 is 14.0 Å². The van der Waals surface area contributed by atoms with Crippen LogP contribution in [0.25, 0.3) is 0 Å². The lowest BCUT2D eigenvalue weighted by molar-refractivity contribution is -0.114. The quantitative estimate of drug-likeness (QED) is 0.660. The molecule has 106 valence electrons. The molecule has 6 heteroatoms. The fourth-order valence-electron chi connectivity index (χ4n) is 2.08. The molecule has 1 aliphatic heterocycles. The van der Waals surface area contributed by atoms with Gasteiger partial charge in [0.2, 0.25) is 0 Å². The molecule has 0 aliphatic carbocycles. The molecule has 2 rings (SSSR count).